The van der Waals surface area contributed by atoms with Crippen molar-refractivity contribution in [3.8, 4) is 0 Å². The molecule has 3 heteroatoms. The Morgan fingerprint density at radius 3 is 2.72 bits per heavy atom. The second kappa shape index (κ2) is 7.93. The van der Waals surface area contributed by atoms with E-state index in [1.54, 1.807) is 0 Å². The van der Waals surface area contributed by atoms with Gasteiger partial charge in [-0.1, -0.05) is 12.5 Å². The van der Waals surface area contributed by atoms with E-state index >= 15 is 0 Å². The Balaban J connectivity index is 2.69. The topological polar surface area (TPSA) is 18.5 Å². The standard InChI is InChI=1S/C15H31N3/c1-6-8-16-14(11-13(2)3)15-12-17(4)9-7-10-18(15)5/h14-16H,2,6-12H2,1,3-5H3. The summed E-state index contributed by atoms with van der Waals surface area (Å²) in [5.74, 6) is 0. The van der Waals surface area contributed by atoms with Crippen LogP contribution in [0.5, 0.6) is 0 Å². The van der Waals surface area contributed by atoms with Crippen LogP contribution in [0.15, 0.2) is 12.2 Å². The third-order valence-corrected chi connectivity index (χ3v) is 3.80. The Hall–Kier alpha value is -0.380. The van der Waals surface area contributed by atoms with E-state index in [9.17, 15) is 0 Å². The molecule has 1 fully saturated rings. The van der Waals surface area contributed by atoms with E-state index in [0.717, 1.165) is 19.5 Å². The van der Waals surface area contributed by atoms with Crippen molar-refractivity contribution in [1.29, 1.82) is 0 Å². The molecule has 0 aromatic carbocycles. The van der Waals surface area contributed by atoms with Crippen molar-refractivity contribution in [2.45, 2.75) is 45.2 Å². The zero-order chi connectivity index (χ0) is 13.5. The highest BCUT2D eigenvalue weighted by atomic mass is 15.2. The van der Waals surface area contributed by atoms with E-state index in [4.69, 9.17) is 0 Å². The van der Waals surface area contributed by atoms with Crippen LogP contribution >= 0.6 is 0 Å². The highest BCUT2D eigenvalue weighted by molar-refractivity contribution is 4.98. The van der Waals surface area contributed by atoms with Crippen molar-refractivity contribution in [2.75, 3.05) is 40.3 Å². The van der Waals surface area contributed by atoms with Gasteiger partial charge < -0.3 is 15.1 Å². The highest BCUT2D eigenvalue weighted by Crippen LogP contribution is 2.15. The lowest BCUT2D eigenvalue weighted by Crippen LogP contribution is -2.52. The Morgan fingerprint density at radius 1 is 1.39 bits per heavy atom. The molecule has 1 saturated heterocycles. The molecule has 1 N–H and O–H groups in total. The molecule has 106 valence electrons. The van der Waals surface area contributed by atoms with Gasteiger partial charge in [0.25, 0.3) is 0 Å². The molecule has 1 heterocycles. The SMILES string of the molecule is C=C(C)CC(NCCC)C1CN(C)CCCN1C. The predicted molar refractivity (Wildman–Crippen MR) is 80.0 cm³/mol. The fourth-order valence-electron chi connectivity index (χ4n) is 2.79. The predicted octanol–water partition coefficient (Wildman–Crippen LogP) is 1.96. The second-order valence-corrected chi connectivity index (χ2v) is 5.89. The first-order valence-corrected chi connectivity index (χ1v) is 7.31. The molecule has 0 aromatic heterocycles. The molecule has 0 radical (unpaired) electrons. The van der Waals surface area contributed by atoms with Gasteiger partial charge in [0, 0.05) is 18.6 Å². The van der Waals surface area contributed by atoms with Crippen LogP contribution in [0.2, 0.25) is 0 Å². The monoisotopic (exact) mass is 253 g/mol. The van der Waals surface area contributed by atoms with Gasteiger partial charge in [-0.2, -0.15) is 0 Å². The molecule has 3 nitrogen and oxygen atoms in total. The van der Waals surface area contributed by atoms with Crippen molar-refractivity contribution in [3.63, 3.8) is 0 Å². The van der Waals surface area contributed by atoms with Crippen LogP contribution in [-0.4, -0.2) is 62.2 Å². The second-order valence-electron chi connectivity index (χ2n) is 5.89. The van der Waals surface area contributed by atoms with Gasteiger partial charge >= 0.3 is 0 Å². The number of hydrogen-bond acceptors (Lipinski definition) is 3. The van der Waals surface area contributed by atoms with Crippen LogP contribution in [0.3, 0.4) is 0 Å². The third-order valence-electron chi connectivity index (χ3n) is 3.80. The molecule has 0 spiro atoms. The normalized spacial score (nSPS) is 24.8. The van der Waals surface area contributed by atoms with Gasteiger partial charge in [-0.15, -0.1) is 6.58 Å². The molecule has 1 aliphatic rings. The molecule has 2 atom stereocenters. The molecule has 2 unspecified atom stereocenters. The fraction of sp³-hybridized carbons (Fsp3) is 0.867. The summed E-state index contributed by atoms with van der Waals surface area (Å²) in [6, 6.07) is 1.13. The highest BCUT2D eigenvalue weighted by Gasteiger charge is 2.27. The van der Waals surface area contributed by atoms with Gasteiger partial charge in [0.15, 0.2) is 0 Å². The van der Waals surface area contributed by atoms with E-state index in [-0.39, 0.29) is 0 Å². The van der Waals surface area contributed by atoms with Gasteiger partial charge in [-0.3, -0.25) is 0 Å². The molecule has 0 saturated carbocycles. The van der Waals surface area contributed by atoms with E-state index in [0.29, 0.717) is 12.1 Å². The molecule has 0 aromatic rings. The molecule has 0 amide bonds. The summed E-state index contributed by atoms with van der Waals surface area (Å²) in [6.07, 6.45) is 3.55. The average Bonchev–Trinajstić information content (AvgIpc) is 2.46. The van der Waals surface area contributed by atoms with Gasteiger partial charge in [0.05, 0.1) is 0 Å². The van der Waals surface area contributed by atoms with Crippen molar-refractivity contribution in [2.24, 2.45) is 0 Å². The van der Waals surface area contributed by atoms with Crippen molar-refractivity contribution >= 4 is 0 Å². The summed E-state index contributed by atoms with van der Waals surface area (Å²) in [4.78, 5) is 4.99. The Kier molecular flexibility index (Phi) is 6.90. The average molecular weight is 253 g/mol. The number of nitrogens with one attached hydrogen (secondary N) is 1. The third kappa shape index (κ3) is 5.09. The number of nitrogens with zero attached hydrogens (tertiary/aromatic N) is 2. The minimum atomic E-state index is 0.535. The molecule has 0 bridgehead atoms. The largest absolute Gasteiger partial charge is 0.312 e. The maximum absolute atomic E-state index is 4.09. The quantitative estimate of drug-likeness (QED) is 0.730. The van der Waals surface area contributed by atoms with Gasteiger partial charge in [0.2, 0.25) is 0 Å². The molecule has 1 aliphatic heterocycles. The Morgan fingerprint density at radius 2 is 2.11 bits per heavy atom. The Labute approximate surface area is 113 Å². The van der Waals surface area contributed by atoms with Gasteiger partial charge in [-0.05, 0) is 59.9 Å². The van der Waals surface area contributed by atoms with Crippen molar-refractivity contribution in [1.82, 2.24) is 15.1 Å². The zero-order valence-corrected chi connectivity index (χ0v) is 12.7. The first kappa shape index (κ1) is 15.7. The van der Waals surface area contributed by atoms with Crippen molar-refractivity contribution in [3.05, 3.63) is 12.2 Å². The number of rotatable bonds is 6. The van der Waals surface area contributed by atoms with E-state index in [1.165, 1.54) is 31.5 Å². The van der Waals surface area contributed by atoms with E-state index < -0.39 is 0 Å². The maximum atomic E-state index is 4.09. The summed E-state index contributed by atoms with van der Waals surface area (Å²) < 4.78 is 0. The maximum Gasteiger partial charge on any atom is 0.0376 e. The minimum absolute atomic E-state index is 0.535. The lowest BCUT2D eigenvalue weighted by molar-refractivity contribution is 0.177. The summed E-state index contributed by atoms with van der Waals surface area (Å²) in [7, 11) is 4.51. The van der Waals surface area contributed by atoms with E-state index in [2.05, 4.69) is 49.6 Å². The van der Waals surface area contributed by atoms with Crippen LogP contribution in [0.25, 0.3) is 0 Å². The summed E-state index contributed by atoms with van der Waals surface area (Å²) in [5, 5.41) is 3.72. The number of likely N-dealkylation sites (N-methyl/N-ethyl adjacent to an activating group) is 2. The summed E-state index contributed by atoms with van der Waals surface area (Å²) in [6.45, 7) is 13.1. The van der Waals surface area contributed by atoms with Crippen LogP contribution < -0.4 is 5.32 Å². The van der Waals surface area contributed by atoms with Crippen molar-refractivity contribution < 1.29 is 0 Å². The molecular formula is C15H31N3. The van der Waals surface area contributed by atoms with Crippen LogP contribution in [0, 0.1) is 0 Å². The number of hydrogen-bond donors (Lipinski definition) is 1. The first-order chi connectivity index (χ1) is 8.54. The van der Waals surface area contributed by atoms with E-state index in [1.807, 2.05) is 0 Å². The molecule has 18 heavy (non-hydrogen) atoms. The minimum Gasteiger partial charge on any atom is -0.312 e. The molecule has 0 aliphatic carbocycles. The van der Waals surface area contributed by atoms with Crippen LogP contribution in [0.1, 0.15) is 33.1 Å². The van der Waals surface area contributed by atoms with Gasteiger partial charge in [-0.25, -0.2) is 0 Å². The van der Waals surface area contributed by atoms with Crippen LogP contribution in [-0.2, 0) is 0 Å². The summed E-state index contributed by atoms with van der Waals surface area (Å²) >= 11 is 0. The Bertz CT molecular complexity index is 252. The molecular weight excluding hydrogens is 222 g/mol. The lowest BCUT2D eigenvalue weighted by atomic mass is 9.99. The smallest absolute Gasteiger partial charge is 0.0376 e. The fourth-order valence-corrected chi connectivity index (χ4v) is 2.79. The zero-order valence-electron chi connectivity index (χ0n) is 12.7. The first-order valence-electron chi connectivity index (χ1n) is 7.31. The van der Waals surface area contributed by atoms with Crippen LogP contribution in [0.4, 0.5) is 0 Å². The lowest BCUT2D eigenvalue weighted by Gasteiger charge is -2.35. The summed E-state index contributed by atoms with van der Waals surface area (Å²) in [5.41, 5.74) is 1.28. The molecule has 1 rings (SSSR count). The van der Waals surface area contributed by atoms with Gasteiger partial charge in [0.1, 0.15) is 0 Å².